The molecule has 1 aromatic carbocycles. The summed E-state index contributed by atoms with van der Waals surface area (Å²) in [4.78, 5) is 40.1. The minimum Gasteiger partial charge on any atom is -0.335 e. The number of nitro benzene ring substituents is 2. The van der Waals surface area contributed by atoms with Gasteiger partial charge in [-0.1, -0.05) is 0 Å². The molecule has 3 rings (SSSR count). The van der Waals surface area contributed by atoms with Gasteiger partial charge < -0.3 is 4.98 Å². The first-order chi connectivity index (χ1) is 11.8. The molecule has 0 aliphatic carbocycles. The van der Waals surface area contributed by atoms with Crippen molar-refractivity contribution in [2.75, 3.05) is 6.54 Å². The van der Waals surface area contributed by atoms with Crippen LogP contribution in [0.3, 0.4) is 0 Å². The monoisotopic (exact) mass is 363 g/mol. The van der Waals surface area contributed by atoms with Crippen molar-refractivity contribution in [2.45, 2.75) is 19.5 Å². The highest BCUT2D eigenvalue weighted by atomic mass is 32.1. The van der Waals surface area contributed by atoms with E-state index in [9.17, 15) is 25.0 Å². The van der Waals surface area contributed by atoms with Crippen LogP contribution >= 0.6 is 12.2 Å². The number of benzene rings is 1. The molecule has 130 valence electrons. The maximum Gasteiger partial charge on any atom is 0.280 e. The van der Waals surface area contributed by atoms with Crippen LogP contribution in [-0.2, 0) is 19.5 Å². The minimum atomic E-state index is -0.671. The van der Waals surface area contributed by atoms with E-state index in [2.05, 4.69) is 9.97 Å². The Balaban J connectivity index is 1.88. The smallest absolute Gasteiger partial charge is 0.280 e. The molecule has 1 aliphatic rings. The van der Waals surface area contributed by atoms with Gasteiger partial charge >= 0.3 is 0 Å². The molecule has 1 aromatic heterocycles. The van der Waals surface area contributed by atoms with Crippen LogP contribution in [0.25, 0.3) is 0 Å². The maximum absolute atomic E-state index is 12.0. The first-order valence-electron chi connectivity index (χ1n) is 7.33. The summed E-state index contributed by atoms with van der Waals surface area (Å²) >= 11 is 4.94. The molecule has 11 heteroatoms. The lowest BCUT2D eigenvalue weighted by atomic mass is 10.1. The molecule has 0 unspecified atom stereocenters. The highest BCUT2D eigenvalue weighted by Crippen LogP contribution is 2.27. The molecule has 0 spiro atoms. The summed E-state index contributed by atoms with van der Waals surface area (Å²) in [6, 6.07) is 3.58. The van der Waals surface area contributed by atoms with Crippen molar-refractivity contribution in [3.05, 3.63) is 70.4 Å². The van der Waals surface area contributed by atoms with Gasteiger partial charge in [0.15, 0.2) is 4.77 Å². The van der Waals surface area contributed by atoms with E-state index in [0.717, 1.165) is 11.8 Å². The van der Waals surface area contributed by atoms with Crippen molar-refractivity contribution in [1.82, 2.24) is 14.9 Å². The predicted molar refractivity (Wildman–Crippen MR) is 89.8 cm³/mol. The minimum absolute atomic E-state index is 0.211. The Kier molecular flexibility index (Phi) is 4.42. The highest BCUT2D eigenvalue weighted by molar-refractivity contribution is 7.71. The molecule has 10 nitrogen and oxygen atoms in total. The van der Waals surface area contributed by atoms with E-state index in [1.54, 1.807) is 0 Å². The fourth-order valence-electron chi connectivity index (χ4n) is 2.86. The Labute approximate surface area is 145 Å². The molecule has 0 amide bonds. The summed E-state index contributed by atoms with van der Waals surface area (Å²) in [7, 11) is 0. The Bertz CT molecular complexity index is 982. The largest absolute Gasteiger partial charge is 0.335 e. The van der Waals surface area contributed by atoms with Crippen molar-refractivity contribution in [3.63, 3.8) is 0 Å². The molecule has 25 heavy (non-hydrogen) atoms. The highest BCUT2D eigenvalue weighted by Gasteiger charge is 2.24. The van der Waals surface area contributed by atoms with Crippen molar-refractivity contribution in [1.29, 1.82) is 0 Å². The van der Waals surface area contributed by atoms with Gasteiger partial charge in [0.05, 0.1) is 21.5 Å². The molecule has 0 atom stereocenters. The van der Waals surface area contributed by atoms with Gasteiger partial charge in [-0.3, -0.25) is 34.9 Å². The van der Waals surface area contributed by atoms with E-state index in [1.807, 2.05) is 4.90 Å². The quantitative estimate of drug-likeness (QED) is 0.480. The number of nitrogens with one attached hydrogen (secondary N) is 2. The van der Waals surface area contributed by atoms with E-state index in [-0.39, 0.29) is 28.2 Å². The summed E-state index contributed by atoms with van der Waals surface area (Å²) in [5.74, 6) is 0. The van der Waals surface area contributed by atoms with Crippen molar-refractivity contribution in [3.8, 4) is 0 Å². The SMILES string of the molecule is O=c1[nH]c(=S)[nH]c2c1CN(Cc1ccc([N+](=O)[O-])cc1[N+](=O)[O-])CC2. The number of hydrogen-bond donors (Lipinski definition) is 2. The second-order valence-corrected chi connectivity index (χ2v) is 6.06. The maximum atomic E-state index is 12.0. The lowest BCUT2D eigenvalue weighted by Crippen LogP contribution is -2.35. The van der Waals surface area contributed by atoms with Crippen LogP contribution in [0.4, 0.5) is 11.4 Å². The summed E-state index contributed by atoms with van der Waals surface area (Å²) in [6.07, 6.45) is 0.559. The standard InChI is InChI=1S/C14H13N5O5S/c20-13-10-7-17(4-3-11(10)15-14(25)16-13)6-8-1-2-9(18(21)22)5-12(8)19(23)24/h1-2,5H,3-4,6-7H2,(H2,15,16,20,25). The first kappa shape index (κ1) is 16.9. The Morgan fingerprint density at radius 3 is 2.64 bits per heavy atom. The zero-order valence-electron chi connectivity index (χ0n) is 12.9. The van der Waals surface area contributed by atoms with Crippen LogP contribution in [0.1, 0.15) is 16.8 Å². The molecular weight excluding hydrogens is 350 g/mol. The van der Waals surface area contributed by atoms with Gasteiger partial charge in [-0.2, -0.15) is 0 Å². The molecule has 0 radical (unpaired) electrons. The fourth-order valence-corrected chi connectivity index (χ4v) is 3.07. The van der Waals surface area contributed by atoms with Crippen LogP contribution in [0.15, 0.2) is 23.0 Å². The van der Waals surface area contributed by atoms with Crippen molar-refractivity contribution >= 4 is 23.6 Å². The molecule has 0 bridgehead atoms. The summed E-state index contributed by atoms with van der Waals surface area (Å²) < 4.78 is 0.267. The molecular formula is C14H13N5O5S. The third-order valence-corrected chi connectivity index (χ3v) is 4.26. The topological polar surface area (TPSA) is 138 Å². The van der Waals surface area contributed by atoms with Gasteiger partial charge in [0.25, 0.3) is 16.9 Å². The Morgan fingerprint density at radius 1 is 1.20 bits per heavy atom. The van der Waals surface area contributed by atoms with Crippen molar-refractivity contribution in [2.24, 2.45) is 0 Å². The molecule has 2 heterocycles. The van der Waals surface area contributed by atoms with Gasteiger partial charge in [-0.05, 0) is 18.3 Å². The number of fused-ring (bicyclic) bond motifs is 1. The van der Waals surface area contributed by atoms with E-state index in [0.29, 0.717) is 30.6 Å². The number of non-ortho nitro benzene ring substituents is 1. The van der Waals surface area contributed by atoms with Gasteiger partial charge in [-0.25, -0.2) is 0 Å². The third kappa shape index (κ3) is 3.46. The number of aromatic amines is 2. The Hall–Kier alpha value is -2.92. The average Bonchev–Trinajstić information content (AvgIpc) is 2.55. The average molecular weight is 363 g/mol. The molecule has 2 aromatic rings. The second kappa shape index (κ2) is 6.53. The number of nitro groups is 2. The van der Waals surface area contributed by atoms with E-state index in [1.165, 1.54) is 12.1 Å². The van der Waals surface area contributed by atoms with Crippen LogP contribution in [0, 0.1) is 25.0 Å². The molecule has 0 saturated heterocycles. The summed E-state index contributed by atoms with van der Waals surface area (Å²) in [5, 5.41) is 22.0. The number of hydrogen-bond acceptors (Lipinski definition) is 7. The summed E-state index contributed by atoms with van der Waals surface area (Å²) in [6.45, 7) is 1.10. The van der Waals surface area contributed by atoms with E-state index >= 15 is 0 Å². The van der Waals surface area contributed by atoms with Crippen molar-refractivity contribution < 1.29 is 9.85 Å². The number of nitrogens with zero attached hydrogens (tertiary/aromatic N) is 3. The van der Waals surface area contributed by atoms with Crippen LogP contribution in [-0.4, -0.2) is 31.3 Å². The van der Waals surface area contributed by atoms with Gasteiger partial charge in [-0.15, -0.1) is 0 Å². The van der Waals surface area contributed by atoms with E-state index in [4.69, 9.17) is 12.2 Å². The number of H-pyrrole nitrogens is 2. The normalized spacial score (nSPS) is 14.1. The van der Waals surface area contributed by atoms with E-state index < -0.39 is 9.85 Å². The predicted octanol–water partition coefficient (Wildman–Crippen LogP) is 1.81. The fraction of sp³-hybridized carbons (Fsp3) is 0.286. The van der Waals surface area contributed by atoms with Crippen LogP contribution in [0.5, 0.6) is 0 Å². The van der Waals surface area contributed by atoms with Gasteiger partial charge in [0, 0.05) is 43.4 Å². The van der Waals surface area contributed by atoms with Crippen LogP contribution < -0.4 is 5.56 Å². The van der Waals surface area contributed by atoms with Crippen LogP contribution in [0.2, 0.25) is 0 Å². The zero-order chi connectivity index (χ0) is 18.1. The first-order valence-corrected chi connectivity index (χ1v) is 7.74. The molecule has 0 fully saturated rings. The second-order valence-electron chi connectivity index (χ2n) is 5.65. The molecule has 1 aliphatic heterocycles. The molecule has 0 saturated carbocycles. The Morgan fingerprint density at radius 2 is 1.96 bits per heavy atom. The van der Waals surface area contributed by atoms with Gasteiger partial charge in [0.2, 0.25) is 0 Å². The zero-order valence-corrected chi connectivity index (χ0v) is 13.7. The summed E-state index contributed by atoms with van der Waals surface area (Å²) in [5.41, 5.74) is 0.762. The van der Waals surface area contributed by atoms with Gasteiger partial charge in [0.1, 0.15) is 0 Å². The molecule has 2 N–H and O–H groups in total. The third-order valence-electron chi connectivity index (χ3n) is 4.06. The lowest BCUT2D eigenvalue weighted by molar-refractivity contribution is -0.394. The lowest BCUT2D eigenvalue weighted by Gasteiger charge is -2.27. The number of rotatable bonds is 4. The number of aromatic nitrogens is 2.